The first-order valence-corrected chi connectivity index (χ1v) is 14.2. The van der Waals surface area contributed by atoms with Crippen LogP contribution >= 0.6 is 0 Å². The second-order valence-corrected chi connectivity index (χ2v) is 12.0. The summed E-state index contributed by atoms with van der Waals surface area (Å²) in [7, 11) is 0. The number of hydrogen-bond acceptors (Lipinski definition) is 11. The van der Waals surface area contributed by atoms with Crippen LogP contribution in [0.3, 0.4) is 0 Å². The predicted molar refractivity (Wildman–Crippen MR) is 145 cm³/mol. The van der Waals surface area contributed by atoms with Crippen LogP contribution in [0.5, 0.6) is 5.75 Å². The van der Waals surface area contributed by atoms with Crippen molar-refractivity contribution in [3.63, 3.8) is 0 Å². The molecule has 4 aliphatic rings. The minimum Gasteiger partial charge on any atom is -0.434 e. The van der Waals surface area contributed by atoms with Crippen LogP contribution in [0.1, 0.15) is 52.9 Å². The maximum absolute atomic E-state index is 13.5. The minimum atomic E-state index is -2.29. The fraction of sp³-hybridized carbons (Fsp3) is 0.548. The van der Waals surface area contributed by atoms with E-state index in [2.05, 4.69) is 0 Å². The number of hydrogen-bond donors (Lipinski definition) is 3. The zero-order chi connectivity index (χ0) is 30.4. The number of aliphatic hydroxyl groups is 3. The average molecular weight is 585 g/mol. The van der Waals surface area contributed by atoms with Crippen LogP contribution in [-0.4, -0.2) is 63.8 Å². The lowest BCUT2D eigenvalue weighted by Gasteiger charge is -2.60. The number of para-hydroxylation sites is 1. The van der Waals surface area contributed by atoms with E-state index in [1.807, 2.05) is 6.92 Å². The molecule has 11 nitrogen and oxygen atoms in total. The van der Waals surface area contributed by atoms with Gasteiger partial charge in [0.2, 0.25) is 5.78 Å². The van der Waals surface area contributed by atoms with E-state index in [1.54, 1.807) is 32.0 Å². The van der Waals surface area contributed by atoms with Gasteiger partial charge in [0.15, 0.2) is 5.78 Å². The molecule has 0 radical (unpaired) electrons. The summed E-state index contributed by atoms with van der Waals surface area (Å²) in [5.74, 6) is -2.15. The lowest BCUT2D eigenvalue weighted by molar-refractivity contribution is -0.196. The quantitative estimate of drug-likeness (QED) is 0.254. The number of carbonyl (C=O) groups excluding carboxylic acids is 4. The first-order valence-electron chi connectivity index (χ1n) is 14.2. The number of allylic oxidation sites excluding steroid dienone is 3. The monoisotopic (exact) mass is 584 g/mol. The number of benzene rings is 1. The van der Waals surface area contributed by atoms with Crippen molar-refractivity contribution < 1.29 is 53.4 Å². The van der Waals surface area contributed by atoms with Gasteiger partial charge in [-0.25, -0.2) is 9.59 Å². The number of ketones is 2. The third-order valence-corrected chi connectivity index (χ3v) is 10.0. The van der Waals surface area contributed by atoms with E-state index in [9.17, 15) is 34.5 Å². The summed E-state index contributed by atoms with van der Waals surface area (Å²) in [5, 5.41) is 34.1. The SMILES string of the molecule is CCOC(=O)OC1=CC(=O)C=C2CC[C@@H]3[C@H](C(O)C[C@@]4(C)[C@H]3CC[C@]4(O)C(=O)C(O)OC(=O)Oc3ccccc3)[C@]21C. The van der Waals surface area contributed by atoms with E-state index in [0.29, 0.717) is 19.3 Å². The van der Waals surface area contributed by atoms with Crippen LogP contribution in [0, 0.1) is 28.6 Å². The highest BCUT2D eigenvalue weighted by atomic mass is 16.8. The molecule has 0 aromatic heterocycles. The summed E-state index contributed by atoms with van der Waals surface area (Å²) in [6.45, 7) is 5.26. The highest BCUT2D eigenvalue weighted by molar-refractivity contribution is 6.02. The van der Waals surface area contributed by atoms with Gasteiger partial charge in [-0.1, -0.05) is 30.7 Å². The van der Waals surface area contributed by atoms with Gasteiger partial charge in [-0.05, 0) is 76.0 Å². The molecule has 8 atom stereocenters. The van der Waals surface area contributed by atoms with Gasteiger partial charge in [-0.2, -0.15) is 0 Å². The third kappa shape index (κ3) is 4.73. The number of Topliss-reactive ketones (excluding diaryl/α,β-unsaturated/α-hetero) is 1. The van der Waals surface area contributed by atoms with E-state index in [-0.39, 0.29) is 48.6 Å². The zero-order valence-electron chi connectivity index (χ0n) is 23.8. The molecule has 11 heteroatoms. The van der Waals surface area contributed by atoms with Gasteiger partial charge in [-0.15, -0.1) is 0 Å². The first-order chi connectivity index (χ1) is 19.8. The summed E-state index contributed by atoms with van der Waals surface area (Å²) in [6, 6.07) is 7.97. The molecule has 0 amide bonds. The number of fused-ring (bicyclic) bond motifs is 5. The lowest BCUT2D eigenvalue weighted by Crippen LogP contribution is -2.63. The highest BCUT2D eigenvalue weighted by Crippen LogP contribution is 2.68. The van der Waals surface area contributed by atoms with Gasteiger partial charge < -0.3 is 34.3 Å². The molecule has 2 unspecified atom stereocenters. The standard InChI is InChI=1S/C31H36O11/c1-4-39-27(36)41-23-15-18(32)14-17-10-11-20-21-12-13-31(38,29(21,2)16-22(33)24(20)30(17,23)3)25(34)26(35)42-28(37)40-19-8-6-5-7-9-19/h5-9,14-15,20-22,24,26,33,35,38H,4,10-13,16H2,1-3H3/t20-,21-,22?,24+,26?,29-,30+,31-/m0/s1. The molecule has 1 aromatic rings. The Kier molecular flexibility index (Phi) is 7.80. The molecule has 3 fully saturated rings. The number of aliphatic hydroxyl groups excluding tert-OH is 2. The average Bonchev–Trinajstić information content (AvgIpc) is 3.20. The molecule has 3 N–H and O–H groups in total. The van der Waals surface area contributed by atoms with E-state index in [4.69, 9.17) is 18.9 Å². The summed E-state index contributed by atoms with van der Waals surface area (Å²) in [6.07, 6.45) is -1.43. The minimum absolute atomic E-state index is 0.0169. The van der Waals surface area contributed by atoms with Crippen molar-refractivity contribution >= 4 is 23.9 Å². The third-order valence-electron chi connectivity index (χ3n) is 10.0. The molecule has 0 aliphatic heterocycles. The second kappa shape index (κ2) is 10.9. The molecule has 0 bridgehead atoms. The molecule has 5 rings (SSSR count). The smallest absolute Gasteiger partial charge is 0.434 e. The predicted octanol–water partition coefficient (Wildman–Crippen LogP) is 3.60. The van der Waals surface area contributed by atoms with Gasteiger partial charge in [0, 0.05) is 17.4 Å². The van der Waals surface area contributed by atoms with Crippen LogP contribution in [0.4, 0.5) is 9.59 Å². The van der Waals surface area contributed by atoms with Crippen molar-refractivity contribution in [2.75, 3.05) is 6.61 Å². The summed E-state index contributed by atoms with van der Waals surface area (Å²) >= 11 is 0. The Balaban J connectivity index is 1.39. The second-order valence-electron chi connectivity index (χ2n) is 12.0. The Bertz CT molecular complexity index is 1340. The number of ether oxygens (including phenoxy) is 4. The molecule has 0 spiro atoms. The summed E-state index contributed by atoms with van der Waals surface area (Å²) in [5.41, 5.74) is -3.54. The maximum Gasteiger partial charge on any atom is 0.516 e. The summed E-state index contributed by atoms with van der Waals surface area (Å²) in [4.78, 5) is 50.5. The largest absolute Gasteiger partial charge is 0.516 e. The molecule has 1 aromatic carbocycles. The zero-order valence-corrected chi connectivity index (χ0v) is 23.8. The Morgan fingerprint density at radius 1 is 1.05 bits per heavy atom. The Morgan fingerprint density at radius 2 is 1.76 bits per heavy atom. The molecule has 226 valence electrons. The molecular formula is C31H36O11. The molecule has 42 heavy (non-hydrogen) atoms. The van der Waals surface area contributed by atoms with Crippen molar-refractivity contribution in [2.45, 2.75) is 70.9 Å². The molecule has 4 aliphatic carbocycles. The van der Waals surface area contributed by atoms with Gasteiger partial charge in [0.05, 0.1) is 18.1 Å². The fourth-order valence-electron chi connectivity index (χ4n) is 8.14. The van der Waals surface area contributed by atoms with Crippen molar-refractivity contribution in [2.24, 2.45) is 28.6 Å². The topological polar surface area (TPSA) is 166 Å². The molecule has 0 saturated heterocycles. The van der Waals surface area contributed by atoms with Crippen LogP contribution in [0.15, 0.2) is 53.8 Å². The Labute approximate surface area is 243 Å². The van der Waals surface area contributed by atoms with E-state index in [1.165, 1.54) is 24.3 Å². The number of rotatable bonds is 6. The lowest BCUT2D eigenvalue weighted by atomic mass is 9.45. The normalized spacial score (nSPS) is 35.8. The van der Waals surface area contributed by atoms with Gasteiger partial charge >= 0.3 is 12.3 Å². The van der Waals surface area contributed by atoms with Crippen LogP contribution in [-0.2, 0) is 23.8 Å². The molecule has 3 saturated carbocycles. The Hall–Kier alpha value is -3.54. The highest BCUT2D eigenvalue weighted by Gasteiger charge is 2.70. The van der Waals surface area contributed by atoms with Crippen molar-refractivity contribution in [1.82, 2.24) is 0 Å². The molecule has 0 heterocycles. The maximum atomic E-state index is 13.5. The summed E-state index contributed by atoms with van der Waals surface area (Å²) < 4.78 is 20.3. The van der Waals surface area contributed by atoms with E-state index < -0.39 is 52.8 Å². The van der Waals surface area contributed by atoms with Crippen molar-refractivity contribution in [1.29, 1.82) is 0 Å². The first kappa shape index (κ1) is 29.9. The van der Waals surface area contributed by atoms with Gasteiger partial charge in [0.25, 0.3) is 6.29 Å². The van der Waals surface area contributed by atoms with Gasteiger partial charge in [-0.3, -0.25) is 9.59 Å². The van der Waals surface area contributed by atoms with Crippen LogP contribution < -0.4 is 4.74 Å². The van der Waals surface area contributed by atoms with Crippen molar-refractivity contribution in [3.8, 4) is 5.75 Å². The van der Waals surface area contributed by atoms with Crippen LogP contribution in [0.25, 0.3) is 0 Å². The fourth-order valence-corrected chi connectivity index (χ4v) is 8.14. The molecular weight excluding hydrogens is 548 g/mol. The van der Waals surface area contributed by atoms with E-state index in [0.717, 1.165) is 5.57 Å². The van der Waals surface area contributed by atoms with E-state index >= 15 is 0 Å². The van der Waals surface area contributed by atoms with Crippen molar-refractivity contribution in [3.05, 3.63) is 53.8 Å². The Morgan fingerprint density at radius 3 is 2.45 bits per heavy atom. The van der Waals surface area contributed by atoms with Crippen LogP contribution in [0.2, 0.25) is 0 Å². The number of carbonyl (C=O) groups is 4. The van der Waals surface area contributed by atoms with Gasteiger partial charge in [0.1, 0.15) is 17.1 Å².